The van der Waals surface area contributed by atoms with Crippen LogP contribution >= 0.6 is 0 Å². The third-order valence-corrected chi connectivity index (χ3v) is 4.81. The summed E-state index contributed by atoms with van der Waals surface area (Å²) >= 11 is 0. The summed E-state index contributed by atoms with van der Waals surface area (Å²) in [5.41, 5.74) is -0.682. The molecule has 1 aliphatic rings. The summed E-state index contributed by atoms with van der Waals surface area (Å²) in [5.74, 6) is -3.28. The van der Waals surface area contributed by atoms with Crippen LogP contribution in [0.15, 0.2) is 36.5 Å². The summed E-state index contributed by atoms with van der Waals surface area (Å²) < 4.78 is 16.3. The highest BCUT2D eigenvalue weighted by Gasteiger charge is 2.49. The van der Waals surface area contributed by atoms with Crippen LogP contribution in [0.4, 0.5) is 0 Å². The lowest BCUT2D eigenvalue weighted by Crippen LogP contribution is -2.42. The number of hydrogen-bond donors (Lipinski definition) is 2. The molecule has 0 spiro atoms. The number of carboxylic acid groups (broad SMARTS) is 1. The van der Waals surface area contributed by atoms with Crippen LogP contribution in [-0.2, 0) is 28.6 Å². The zero-order chi connectivity index (χ0) is 22.9. The van der Waals surface area contributed by atoms with Crippen molar-refractivity contribution < 1.29 is 38.8 Å². The van der Waals surface area contributed by atoms with Gasteiger partial charge in [-0.3, -0.25) is 0 Å². The van der Waals surface area contributed by atoms with E-state index >= 15 is 0 Å². The Bertz CT molecular complexity index is 687. The first kappa shape index (κ1) is 25.6. The molecule has 0 amide bonds. The molecule has 5 atom stereocenters. The van der Waals surface area contributed by atoms with E-state index in [1.807, 2.05) is 6.92 Å². The predicted octanol–water partition coefficient (Wildman–Crippen LogP) is 2.42. The van der Waals surface area contributed by atoms with Gasteiger partial charge in [-0.1, -0.05) is 52.0 Å². The second-order valence-corrected chi connectivity index (χ2v) is 7.86. The third-order valence-electron chi connectivity index (χ3n) is 4.81. The van der Waals surface area contributed by atoms with Gasteiger partial charge in [0.2, 0.25) is 6.10 Å². The number of aliphatic hydroxyl groups is 1. The maximum Gasteiger partial charge on any atom is 0.348 e. The number of carbonyl (C=O) groups excluding carboxylic acids is 2. The summed E-state index contributed by atoms with van der Waals surface area (Å²) in [6, 6.07) is 0. The summed E-state index contributed by atoms with van der Waals surface area (Å²) in [4.78, 5) is 35.4. The molecule has 1 aliphatic heterocycles. The molecule has 2 N–H and O–H groups in total. The van der Waals surface area contributed by atoms with E-state index in [4.69, 9.17) is 19.3 Å². The van der Waals surface area contributed by atoms with Crippen LogP contribution in [-0.4, -0.2) is 58.6 Å². The van der Waals surface area contributed by atoms with Crippen LogP contribution in [0.1, 0.15) is 41.0 Å². The molecule has 1 rings (SSSR count). The van der Waals surface area contributed by atoms with E-state index in [1.165, 1.54) is 12.2 Å². The van der Waals surface area contributed by atoms with E-state index in [0.29, 0.717) is 13.0 Å². The average molecular weight is 424 g/mol. The first-order chi connectivity index (χ1) is 14.0. The molecule has 1 fully saturated rings. The van der Waals surface area contributed by atoms with Crippen molar-refractivity contribution in [1.82, 2.24) is 0 Å². The number of rotatable bonds is 12. The molecule has 8 nitrogen and oxygen atoms in total. The Morgan fingerprint density at radius 3 is 2.17 bits per heavy atom. The van der Waals surface area contributed by atoms with E-state index in [1.54, 1.807) is 45.9 Å². The van der Waals surface area contributed by atoms with Gasteiger partial charge in [0, 0.05) is 12.0 Å². The molecule has 0 radical (unpaired) electrons. The number of epoxide rings is 1. The highest BCUT2D eigenvalue weighted by atomic mass is 16.6. The van der Waals surface area contributed by atoms with E-state index < -0.39 is 41.8 Å². The fourth-order valence-corrected chi connectivity index (χ4v) is 2.35. The van der Waals surface area contributed by atoms with Gasteiger partial charge in [0.15, 0.2) is 12.2 Å². The first-order valence-electron chi connectivity index (χ1n) is 9.99. The summed E-state index contributed by atoms with van der Waals surface area (Å²) in [5, 5.41) is 18.5. The van der Waals surface area contributed by atoms with E-state index in [9.17, 15) is 19.5 Å². The van der Waals surface area contributed by atoms with Gasteiger partial charge >= 0.3 is 17.9 Å². The van der Waals surface area contributed by atoms with Crippen LogP contribution in [0.2, 0.25) is 0 Å². The zero-order valence-electron chi connectivity index (χ0n) is 18.1. The molecule has 1 heterocycles. The van der Waals surface area contributed by atoms with Gasteiger partial charge in [-0.25, -0.2) is 14.4 Å². The molecule has 5 unspecified atom stereocenters. The molecule has 0 bridgehead atoms. The third kappa shape index (κ3) is 8.12. The molecular weight excluding hydrogens is 392 g/mol. The maximum absolute atomic E-state index is 12.8. The van der Waals surface area contributed by atoms with Crippen LogP contribution < -0.4 is 0 Å². The van der Waals surface area contributed by atoms with Gasteiger partial charge in [-0.15, -0.1) is 0 Å². The molecule has 0 aromatic rings. The highest BCUT2D eigenvalue weighted by Crippen LogP contribution is 2.33. The average Bonchev–Trinajstić information content (AvgIpc) is 3.44. The van der Waals surface area contributed by atoms with Crippen molar-refractivity contribution in [3.63, 3.8) is 0 Å². The van der Waals surface area contributed by atoms with Crippen LogP contribution in [0.25, 0.3) is 0 Å². The Morgan fingerprint density at radius 1 is 1.07 bits per heavy atom. The second-order valence-electron chi connectivity index (χ2n) is 7.86. The van der Waals surface area contributed by atoms with E-state index in [-0.39, 0.29) is 11.8 Å². The Hall–Kier alpha value is -2.45. The van der Waals surface area contributed by atoms with Gasteiger partial charge in [0.1, 0.15) is 5.60 Å². The lowest BCUT2D eigenvalue weighted by molar-refractivity contribution is -0.181. The predicted molar refractivity (Wildman–Crippen MR) is 109 cm³/mol. The monoisotopic (exact) mass is 424 g/mol. The molecule has 1 saturated heterocycles. The number of allylic oxidation sites excluding steroid dienone is 4. The Kier molecular flexibility index (Phi) is 9.95. The van der Waals surface area contributed by atoms with Crippen LogP contribution in [0, 0.1) is 11.8 Å². The van der Waals surface area contributed by atoms with Gasteiger partial charge in [-0.05, 0) is 25.3 Å². The molecule has 0 aromatic carbocycles. The van der Waals surface area contributed by atoms with Crippen molar-refractivity contribution in [2.75, 3.05) is 6.61 Å². The Labute approximate surface area is 177 Å². The second kappa shape index (κ2) is 11.7. The SMILES string of the molecule is CCC(C)C(OC(=O)C(O)C(C)C)C(=O)OC(C=CC=CC=CC(=O)O)C1(C)CO1. The summed E-state index contributed by atoms with van der Waals surface area (Å²) in [7, 11) is 0. The molecule has 0 saturated carbocycles. The largest absolute Gasteiger partial charge is 0.478 e. The lowest BCUT2D eigenvalue weighted by Gasteiger charge is -2.26. The molecule has 0 aliphatic carbocycles. The topological polar surface area (TPSA) is 123 Å². The minimum absolute atomic E-state index is 0.306. The number of aliphatic carboxylic acids is 1. The van der Waals surface area contributed by atoms with Crippen molar-refractivity contribution in [2.24, 2.45) is 11.8 Å². The lowest BCUT2D eigenvalue weighted by atomic mass is 10.0. The normalized spacial score (nSPS) is 22.9. The fourth-order valence-electron chi connectivity index (χ4n) is 2.35. The van der Waals surface area contributed by atoms with Crippen molar-refractivity contribution in [2.45, 2.75) is 65.0 Å². The van der Waals surface area contributed by atoms with Crippen molar-refractivity contribution in [3.8, 4) is 0 Å². The number of ether oxygens (including phenoxy) is 3. The Morgan fingerprint density at radius 2 is 1.67 bits per heavy atom. The fraction of sp³-hybridized carbons (Fsp3) is 0.591. The number of carbonyl (C=O) groups is 3. The minimum Gasteiger partial charge on any atom is -0.478 e. The van der Waals surface area contributed by atoms with Crippen molar-refractivity contribution in [3.05, 3.63) is 36.5 Å². The standard InChI is InChI=1S/C22H32O8/c1-6-15(4)19(30-20(26)18(25)14(2)3)21(27)29-16(22(5)13-28-22)11-9-7-8-10-12-17(23)24/h7-12,14-16,18-19,25H,6,13H2,1-5H3,(H,23,24). The number of esters is 2. The van der Waals surface area contributed by atoms with Gasteiger partial charge in [-0.2, -0.15) is 0 Å². The summed E-state index contributed by atoms with van der Waals surface area (Å²) in [6.45, 7) is 9.16. The maximum atomic E-state index is 12.8. The van der Waals surface area contributed by atoms with E-state index in [0.717, 1.165) is 6.08 Å². The quantitative estimate of drug-likeness (QED) is 0.212. The first-order valence-corrected chi connectivity index (χ1v) is 9.99. The molecule has 168 valence electrons. The summed E-state index contributed by atoms with van der Waals surface area (Å²) in [6.07, 6.45) is 6.07. The van der Waals surface area contributed by atoms with Crippen LogP contribution in [0.3, 0.4) is 0 Å². The molecule has 0 aromatic heterocycles. The van der Waals surface area contributed by atoms with Gasteiger partial charge < -0.3 is 24.4 Å². The zero-order valence-corrected chi connectivity index (χ0v) is 18.1. The smallest absolute Gasteiger partial charge is 0.348 e. The highest BCUT2D eigenvalue weighted by molar-refractivity contribution is 5.82. The Balaban J connectivity index is 2.88. The molecule has 30 heavy (non-hydrogen) atoms. The van der Waals surface area contributed by atoms with Gasteiger partial charge in [0.25, 0.3) is 0 Å². The van der Waals surface area contributed by atoms with E-state index in [2.05, 4.69) is 0 Å². The number of carboxylic acids is 1. The van der Waals surface area contributed by atoms with Gasteiger partial charge in [0.05, 0.1) is 6.61 Å². The minimum atomic E-state index is -1.33. The van der Waals surface area contributed by atoms with Crippen LogP contribution in [0.5, 0.6) is 0 Å². The number of aliphatic hydroxyl groups excluding tert-OH is 1. The van der Waals surface area contributed by atoms with Crippen molar-refractivity contribution in [1.29, 1.82) is 0 Å². The number of hydrogen-bond acceptors (Lipinski definition) is 7. The molecular formula is C22H32O8. The van der Waals surface area contributed by atoms with Crippen molar-refractivity contribution >= 4 is 17.9 Å². The molecule has 8 heteroatoms.